The Balaban J connectivity index is 2.03. The van der Waals surface area contributed by atoms with Crippen LogP contribution in [0.5, 0.6) is 0 Å². The standard InChI is InChI=1S/C19H19NO2S/c1-2-14-20(18-10-4-3-5-11-18)23(21,22)19-13-12-16-8-6-7-9-17(16)15-19/h2-11,15H,1,12-14H2. The maximum atomic E-state index is 13.1. The highest BCUT2D eigenvalue weighted by atomic mass is 32.2. The molecule has 1 aliphatic carbocycles. The molecule has 23 heavy (non-hydrogen) atoms. The van der Waals surface area contributed by atoms with Gasteiger partial charge in [0.1, 0.15) is 0 Å². The average molecular weight is 325 g/mol. The smallest absolute Gasteiger partial charge is 0.260 e. The van der Waals surface area contributed by atoms with Gasteiger partial charge in [-0.2, -0.15) is 0 Å². The van der Waals surface area contributed by atoms with Gasteiger partial charge in [0.15, 0.2) is 0 Å². The second-order valence-corrected chi connectivity index (χ2v) is 7.39. The third-order valence-electron chi connectivity index (χ3n) is 3.97. The summed E-state index contributed by atoms with van der Waals surface area (Å²) in [6, 6.07) is 17.1. The number of hydrogen-bond donors (Lipinski definition) is 0. The van der Waals surface area contributed by atoms with Crippen LogP contribution >= 0.6 is 0 Å². The van der Waals surface area contributed by atoms with E-state index in [2.05, 4.69) is 6.58 Å². The fourth-order valence-corrected chi connectivity index (χ4v) is 4.42. The van der Waals surface area contributed by atoms with Crippen molar-refractivity contribution < 1.29 is 8.42 Å². The second kappa shape index (κ2) is 6.42. The number of nitrogens with zero attached hydrogens (tertiary/aromatic N) is 1. The SMILES string of the molecule is C=CCN(c1ccccc1)S(=O)(=O)C1=Cc2ccccc2CC1. The molecule has 0 saturated carbocycles. The first-order valence-electron chi connectivity index (χ1n) is 7.60. The van der Waals surface area contributed by atoms with Gasteiger partial charge in [0, 0.05) is 0 Å². The zero-order valence-corrected chi connectivity index (χ0v) is 13.7. The van der Waals surface area contributed by atoms with E-state index in [-0.39, 0.29) is 6.54 Å². The summed E-state index contributed by atoms with van der Waals surface area (Å²) in [5.74, 6) is 0. The molecule has 0 N–H and O–H groups in total. The van der Waals surface area contributed by atoms with E-state index in [0.717, 1.165) is 12.0 Å². The average Bonchev–Trinajstić information content (AvgIpc) is 2.60. The van der Waals surface area contributed by atoms with Gasteiger partial charge in [0.05, 0.1) is 17.1 Å². The summed E-state index contributed by atoms with van der Waals surface area (Å²) in [5.41, 5.74) is 2.84. The third-order valence-corrected chi connectivity index (χ3v) is 5.90. The van der Waals surface area contributed by atoms with Crippen molar-refractivity contribution in [3.8, 4) is 0 Å². The number of benzene rings is 2. The minimum atomic E-state index is -3.56. The van der Waals surface area contributed by atoms with Gasteiger partial charge in [0.2, 0.25) is 0 Å². The summed E-state index contributed by atoms with van der Waals surface area (Å²) < 4.78 is 27.6. The fraction of sp³-hybridized carbons (Fsp3) is 0.158. The monoisotopic (exact) mass is 325 g/mol. The van der Waals surface area contributed by atoms with Crippen molar-refractivity contribution in [1.29, 1.82) is 0 Å². The van der Waals surface area contributed by atoms with Crippen LogP contribution in [-0.4, -0.2) is 15.0 Å². The van der Waals surface area contributed by atoms with E-state index >= 15 is 0 Å². The van der Waals surface area contributed by atoms with Crippen LogP contribution in [0.2, 0.25) is 0 Å². The number of para-hydroxylation sites is 1. The maximum absolute atomic E-state index is 13.1. The molecule has 0 radical (unpaired) electrons. The molecule has 2 aromatic carbocycles. The van der Waals surface area contributed by atoms with Crippen molar-refractivity contribution in [3.05, 3.63) is 83.3 Å². The molecule has 0 saturated heterocycles. The van der Waals surface area contributed by atoms with Crippen molar-refractivity contribution in [3.63, 3.8) is 0 Å². The van der Waals surface area contributed by atoms with Crippen molar-refractivity contribution in [2.24, 2.45) is 0 Å². The van der Waals surface area contributed by atoms with Gasteiger partial charge in [-0.25, -0.2) is 8.42 Å². The summed E-state index contributed by atoms with van der Waals surface area (Å²) in [5, 5.41) is 0. The lowest BCUT2D eigenvalue weighted by Gasteiger charge is -2.26. The number of fused-ring (bicyclic) bond motifs is 1. The Kier molecular flexibility index (Phi) is 4.35. The summed E-state index contributed by atoms with van der Waals surface area (Å²) in [4.78, 5) is 0.460. The molecule has 2 aromatic rings. The van der Waals surface area contributed by atoms with Crippen molar-refractivity contribution in [1.82, 2.24) is 0 Å². The van der Waals surface area contributed by atoms with Crippen LogP contribution in [-0.2, 0) is 16.4 Å². The number of anilines is 1. The molecule has 0 amide bonds. The molecule has 0 unspecified atom stereocenters. The lowest BCUT2D eigenvalue weighted by Crippen LogP contribution is -2.32. The highest BCUT2D eigenvalue weighted by Gasteiger charge is 2.28. The highest BCUT2D eigenvalue weighted by molar-refractivity contribution is 7.96. The van der Waals surface area contributed by atoms with Gasteiger partial charge in [-0.1, -0.05) is 48.5 Å². The van der Waals surface area contributed by atoms with E-state index in [1.165, 1.54) is 9.87 Å². The number of sulfonamides is 1. The zero-order valence-electron chi connectivity index (χ0n) is 12.9. The molecular formula is C19H19NO2S. The molecule has 0 heterocycles. The largest absolute Gasteiger partial charge is 0.263 e. The van der Waals surface area contributed by atoms with Gasteiger partial charge in [0.25, 0.3) is 10.0 Å². The number of allylic oxidation sites excluding steroid dienone is 1. The maximum Gasteiger partial charge on any atom is 0.260 e. The first-order chi connectivity index (χ1) is 11.1. The first kappa shape index (κ1) is 15.6. The third kappa shape index (κ3) is 3.08. The van der Waals surface area contributed by atoms with Crippen LogP contribution < -0.4 is 4.31 Å². The Bertz CT molecular complexity index is 839. The number of aryl methyl sites for hydroxylation is 1. The van der Waals surface area contributed by atoms with Crippen molar-refractivity contribution >= 4 is 21.8 Å². The normalized spacial score (nSPS) is 13.8. The molecule has 0 aliphatic heterocycles. The van der Waals surface area contributed by atoms with Gasteiger partial charge in [-0.05, 0) is 42.2 Å². The molecule has 3 nitrogen and oxygen atoms in total. The van der Waals surface area contributed by atoms with Gasteiger partial charge < -0.3 is 0 Å². The zero-order chi connectivity index (χ0) is 16.3. The van der Waals surface area contributed by atoms with Crippen LogP contribution in [0.15, 0.2) is 72.2 Å². The molecule has 0 fully saturated rings. The lowest BCUT2D eigenvalue weighted by molar-refractivity contribution is 0.597. The Hall–Kier alpha value is -2.33. The second-order valence-electron chi connectivity index (χ2n) is 5.47. The Morgan fingerprint density at radius 3 is 2.43 bits per heavy atom. The molecule has 0 atom stereocenters. The molecule has 1 aliphatic rings. The molecule has 0 bridgehead atoms. The topological polar surface area (TPSA) is 37.4 Å². The molecule has 4 heteroatoms. The Labute approximate surface area is 137 Å². The molecular weight excluding hydrogens is 306 g/mol. The summed E-state index contributed by atoms with van der Waals surface area (Å²) in [7, 11) is -3.56. The molecule has 0 spiro atoms. The molecule has 3 rings (SSSR count). The van der Waals surface area contributed by atoms with Crippen LogP contribution in [0, 0.1) is 0 Å². The van der Waals surface area contributed by atoms with E-state index in [1.54, 1.807) is 24.3 Å². The molecule has 118 valence electrons. The predicted molar refractivity (Wildman–Crippen MR) is 95.6 cm³/mol. The highest BCUT2D eigenvalue weighted by Crippen LogP contribution is 2.31. The van der Waals surface area contributed by atoms with E-state index < -0.39 is 10.0 Å². The van der Waals surface area contributed by atoms with E-state index in [4.69, 9.17) is 0 Å². The van der Waals surface area contributed by atoms with E-state index in [1.807, 2.05) is 42.5 Å². The Morgan fingerprint density at radius 2 is 1.70 bits per heavy atom. The summed E-state index contributed by atoms with van der Waals surface area (Å²) in [6.45, 7) is 3.95. The minimum Gasteiger partial charge on any atom is -0.263 e. The fourth-order valence-electron chi connectivity index (χ4n) is 2.80. The van der Waals surface area contributed by atoms with Gasteiger partial charge >= 0.3 is 0 Å². The molecule has 0 aromatic heterocycles. The van der Waals surface area contributed by atoms with Crippen LogP contribution in [0.1, 0.15) is 17.5 Å². The van der Waals surface area contributed by atoms with E-state index in [0.29, 0.717) is 17.0 Å². The summed E-state index contributed by atoms with van der Waals surface area (Å²) in [6.07, 6.45) is 4.69. The van der Waals surface area contributed by atoms with Gasteiger partial charge in [-0.3, -0.25) is 4.31 Å². The van der Waals surface area contributed by atoms with Gasteiger partial charge in [-0.15, -0.1) is 6.58 Å². The minimum absolute atomic E-state index is 0.255. The van der Waals surface area contributed by atoms with Crippen LogP contribution in [0.4, 0.5) is 5.69 Å². The first-order valence-corrected chi connectivity index (χ1v) is 9.04. The van der Waals surface area contributed by atoms with Crippen molar-refractivity contribution in [2.45, 2.75) is 12.8 Å². The number of rotatable bonds is 5. The predicted octanol–water partition coefficient (Wildman–Crippen LogP) is 4.00. The summed E-state index contributed by atoms with van der Waals surface area (Å²) >= 11 is 0. The Morgan fingerprint density at radius 1 is 1.00 bits per heavy atom. The quantitative estimate of drug-likeness (QED) is 0.779. The van der Waals surface area contributed by atoms with E-state index in [9.17, 15) is 8.42 Å². The van der Waals surface area contributed by atoms with Crippen molar-refractivity contribution in [2.75, 3.05) is 10.8 Å². The van der Waals surface area contributed by atoms with Crippen LogP contribution in [0.3, 0.4) is 0 Å². The van der Waals surface area contributed by atoms with Crippen LogP contribution in [0.25, 0.3) is 6.08 Å². The lowest BCUT2D eigenvalue weighted by atomic mass is 9.98. The number of hydrogen-bond acceptors (Lipinski definition) is 2.